The molecule has 1 nitrogen and oxygen atoms in total. The molecule has 0 aromatic heterocycles. The Morgan fingerprint density at radius 2 is 1.80 bits per heavy atom. The molecule has 0 saturated carbocycles. The largest absolute Gasteiger partial charge is 0.288 e. The third-order valence-electron chi connectivity index (χ3n) is 3.43. The van der Waals surface area contributed by atoms with Gasteiger partial charge in [-0.25, -0.2) is 4.39 Å². The van der Waals surface area contributed by atoms with Crippen molar-refractivity contribution in [3.8, 4) is 0 Å². The summed E-state index contributed by atoms with van der Waals surface area (Å²) in [5.74, 6) is -0.781. The molecule has 2 rings (SSSR count). The molecule has 0 N–H and O–H groups in total. The Hall–Kier alpha value is -1.48. The lowest BCUT2D eigenvalue weighted by Crippen LogP contribution is -2.06. The van der Waals surface area contributed by atoms with Gasteiger partial charge in [0.15, 0.2) is 5.78 Å². The first kappa shape index (κ1) is 14.9. The van der Waals surface area contributed by atoms with Gasteiger partial charge >= 0.3 is 0 Å². The van der Waals surface area contributed by atoms with Gasteiger partial charge in [-0.15, -0.1) is 0 Å². The fourth-order valence-electron chi connectivity index (χ4n) is 2.28. The van der Waals surface area contributed by atoms with Crippen molar-refractivity contribution in [2.24, 2.45) is 0 Å². The molecule has 0 atom stereocenters. The maximum Gasteiger partial charge on any atom is 0.196 e. The lowest BCUT2D eigenvalue weighted by molar-refractivity contribution is 0.103. The van der Waals surface area contributed by atoms with Crippen LogP contribution in [0, 0.1) is 5.82 Å². The summed E-state index contributed by atoms with van der Waals surface area (Å²) in [7, 11) is 0. The summed E-state index contributed by atoms with van der Waals surface area (Å²) in [6.07, 6.45) is 1.80. The summed E-state index contributed by atoms with van der Waals surface area (Å²) in [6, 6.07) is 10.4. The Labute approximate surface area is 127 Å². The van der Waals surface area contributed by atoms with Crippen LogP contribution in [0.15, 0.2) is 40.9 Å². The van der Waals surface area contributed by atoms with Gasteiger partial charge in [0.25, 0.3) is 0 Å². The van der Waals surface area contributed by atoms with Gasteiger partial charge in [-0.2, -0.15) is 0 Å². The second kappa shape index (κ2) is 6.31. The van der Waals surface area contributed by atoms with E-state index in [2.05, 4.69) is 29.8 Å². The number of ketones is 1. The maximum absolute atomic E-state index is 14.0. The molecule has 0 aliphatic carbocycles. The number of benzene rings is 2. The van der Waals surface area contributed by atoms with E-state index in [4.69, 9.17) is 0 Å². The zero-order valence-corrected chi connectivity index (χ0v) is 13.1. The number of halogens is 2. The van der Waals surface area contributed by atoms with Gasteiger partial charge in [0.05, 0.1) is 10.0 Å². The molecule has 0 spiro atoms. The summed E-state index contributed by atoms with van der Waals surface area (Å²) in [6.45, 7) is 4.15. The van der Waals surface area contributed by atoms with Crippen LogP contribution < -0.4 is 0 Å². The monoisotopic (exact) mass is 334 g/mol. The van der Waals surface area contributed by atoms with Crippen LogP contribution in [0.1, 0.15) is 40.9 Å². The van der Waals surface area contributed by atoms with Gasteiger partial charge in [-0.05, 0) is 58.1 Å². The van der Waals surface area contributed by atoms with E-state index in [-0.39, 0.29) is 11.3 Å². The normalized spacial score (nSPS) is 10.6. The molecule has 3 heteroatoms. The second-order valence-corrected chi connectivity index (χ2v) is 5.48. The van der Waals surface area contributed by atoms with Crippen LogP contribution in [0.4, 0.5) is 4.39 Å². The average molecular weight is 335 g/mol. The standard InChI is InChI=1S/C17H16BrFO/c1-3-11-8-9-13(10-12(11)4-2)17(20)14-6-5-7-15(18)16(14)19/h5-10H,3-4H2,1-2H3. The highest BCUT2D eigenvalue weighted by atomic mass is 79.9. The van der Waals surface area contributed by atoms with Gasteiger partial charge in [0, 0.05) is 5.56 Å². The van der Waals surface area contributed by atoms with Crippen molar-refractivity contribution in [2.75, 3.05) is 0 Å². The third kappa shape index (κ3) is 2.83. The molecule has 0 aliphatic rings. The summed E-state index contributed by atoms with van der Waals surface area (Å²) >= 11 is 3.11. The van der Waals surface area contributed by atoms with Crippen molar-refractivity contribution in [2.45, 2.75) is 26.7 Å². The first-order chi connectivity index (χ1) is 9.58. The molecule has 20 heavy (non-hydrogen) atoms. The molecule has 2 aromatic rings. The van der Waals surface area contributed by atoms with Crippen LogP contribution >= 0.6 is 15.9 Å². The Morgan fingerprint density at radius 3 is 2.45 bits per heavy atom. The van der Waals surface area contributed by atoms with Gasteiger partial charge in [-0.3, -0.25) is 4.79 Å². The highest BCUT2D eigenvalue weighted by molar-refractivity contribution is 9.10. The number of carbonyl (C=O) groups excluding carboxylic acids is 1. The average Bonchev–Trinajstić information content (AvgIpc) is 2.48. The molecular formula is C17H16BrFO. The molecule has 0 bridgehead atoms. The number of rotatable bonds is 4. The zero-order valence-electron chi connectivity index (χ0n) is 11.5. The van der Waals surface area contributed by atoms with E-state index >= 15 is 0 Å². The van der Waals surface area contributed by atoms with Gasteiger partial charge < -0.3 is 0 Å². The summed E-state index contributed by atoms with van der Waals surface area (Å²) < 4.78 is 14.3. The molecular weight excluding hydrogens is 319 g/mol. The van der Waals surface area contributed by atoms with Crippen LogP contribution in [0.3, 0.4) is 0 Å². The SMILES string of the molecule is CCc1ccc(C(=O)c2cccc(Br)c2F)cc1CC. The van der Waals surface area contributed by atoms with Crippen molar-refractivity contribution in [1.82, 2.24) is 0 Å². The first-order valence-electron chi connectivity index (χ1n) is 6.69. The van der Waals surface area contributed by atoms with E-state index in [9.17, 15) is 9.18 Å². The molecule has 0 fully saturated rings. The number of aryl methyl sites for hydroxylation is 2. The minimum Gasteiger partial charge on any atom is -0.288 e. The minimum absolute atomic E-state index is 0.102. The highest BCUT2D eigenvalue weighted by Crippen LogP contribution is 2.22. The lowest BCUT2D eigenvalue weighted by Gasteiger charge is -2.09. The van der Waals surface area contributed by atoms with E-state index in [1.165, 1.54) is 11.6 Å². The number of hydrogen-bond donors (Lipinski definition) is 0. The van der Waals surface area contributed by atoms with E-state index in [0.29, 0.717) is 10.0 Å². The van der Waals surface area contributed by atoms with Crippen LogP contribution in [0.25, 0.3) is 0 Å². The smallest absolute Gasteiger partial charge is 0.196 e. The predicted molar refractivity (Wildman–Crippen MR) is 82.7 cm³/mol. The van der Waals surface area contributed by atoms with E-state index in [1.54, 1.807) is 18.2 Å². The topological polar surface area (TPSA) is 17.1 Å². The number of carbonyl (C=O) groups is 1. The summed E-state index contributed by atoms with van der Waals surface area (Å²) in [5.41, 5.74) is 3.02. The summed E-state index contributed by atoms with van der Waals surface area (Å²) in [4.78, 5) is 12.4. The van der Waals surface area contributed by atoms with Gasteiger partial charge in [-0.1, -0.05) is 32.0 Å². The fourth-order valence-corrected chi connectivity index (χ4v) is 2.64. The third-order valence-corrected chi connectivity index (χ3v) is 4.04. The van der Waals surface area contributed by atoms with E-state index < -0.39 is 5.82 Å². The van der Waals surface area contributed by atoms with Crippen LogP contribution in [0.2, 0.25) is 0 Å². The molecule has 0 heterocycles. The zero-order chi connectivity index (χ0) is 14.7. The molecule has 0 radical (unpaired) electrons. The predicted octanol–water partition coefficient (Wildman–Crippen LogP) is 4.94. The van der Waals surface area contributed by atoms with Crippen molar-refractivity contribution in [3.05, 3.63) is 68.9 Å². The van der Waals surface area contributed by atoms with Crippen molar-refractivity contribution >= 4 is 21.7 Å². The number of hydrogen-bond acceptors (Lipinski definition) is 1. The summed E-state index contributed by atoms with van der Waals surface area (Å²) in [5, 5.41) is 0. The molecule has 2 aromatic carbocycles. The highest BCUT2D eigenvalue weighted by Gasteiger charge is 2.16. The maximum atomic E-state index is 14.0. The van der Waals surface area contributed by atoms with Crippen molar-refractivity contribution in [1.29, 1.82) is 0 Å². The van der Waals surface area contributed by atoms with Gasteiger partial charge in [0.1, 0.15) is 5.82 Å². The first-order valence-corrected chi connectivity index (χ1v) is 7.48. The Balaban J connectivity index is 2.46. The minimum atomic E-state index is -0.505. The Kier molecular flexibility index (Phi) is 4.71. The van der Waals surface area contributed by atoms with Crippen LogP contribution in [-0.4, -0.2) is 5.78 Å². The molecule has 0 aliphatic heterocycles. The lowest BCUT2D eigenvalue weighted by atomic mass is 9.96. The Bertz CT molecular complexity index is 649. The van der Waals surface area contributed by atoms with Gasteiger partial charge in [0.2, 0.25) is 0 Å². The van der Waals surface area contributed by atoms with E-state index in [0.717, 1.165) is 18.4 Å². The van der Waals surface area contributed by atoms with Crippen molar-refractivity contribution < 1.29 is 9.18 Å². The molecule has 0 amide bonds. The molecule has 104 valence electrons. The van der Waals surface area contributed by atoms with Crippen molar-refractivity contribution in [3.63, 3.8) is 0 Å². The van der Waals surface area contributed by atoms with Crippen LogP contribution in [-0.2, 0) is 12.8 Å². The van der Waals surface area contributed by atoms with E-state index in [1.807, 2.05) is 12.1 Å². The Morgan fingerprint density at radius 1 is 1.10 bits per heavy atom. The second-order valence-electron chi connectivity index (χ2n) is 4.62. The fraction of sp³-hybridized carbons (Fsp3) is 0.235. The molecule has 0 saturated heterocycles. The quantitative estimate of drug-likeness (QED) is 0.723. The van der Waals surface area contributed by atoms with Crippen LogP contribution in [0.5, 0.6) is 0 Å². The molecule has 0 unspecified atom stereocenters.